The third-order valence-electron chi connectivity index (χ3n) is 3.96. The molecule has 0 aromatic carbocycles. The summed E-state index contributed by atoms with van der Waals surface area (Å²) in [7, 11) is 0. The van der Waals surface area contributed by atoms with Gasteiger partial charge >= 0.3 is 0 Å². The highest BCUT2D eigenvalue weighted by molar-refractivity contribution is 4.91. The molecule has 2 fully saturated rings. The second kappa shape index (κ2) is 3.97. The molecule has 2 nitrogen and oxygen atoms in total. The molecule has 2 heteroatoms. The Morgan fingerprint density at radius 1 is 1.31 bits per heavy atom. The van der Waals surface area contributed by atoms with Crippen molar-refractivity contribution in [2.75, 3.05) is 13.1 Å². The van der Waals surface area contributed by atoms with Crippen molar-refractivity contribution in [2.45, 2.75) is 51.1 Å². The fourth-order valence-corrected chi connectivity index (χ4v) is 3.12. The van der Waals surface area contributed by atoms with E-state index in [4.69, 9.17) is 5.73 Å². The summed E-state index contributed by atoms with van der Waals surface area (Å²) in [4.78, 5) is 2.66. The number of rotatable bonds is 2. The number of hydrogen-bond donors (Lipinski definition) is 1. The van der Waals surface area contributed by atoms with Gasteiger partial charge < -0.3 is 5.73 Å². The van der Waals surface area contributed by atoms with E-state index in [2.05, 4.69) is 11.8 Å². The number of nitrogens with two attached hydrogens (primary N) is 1. The summed E-state index contributed by atoms with van der Waals surface area (Å²) in [5, 5.41) is 0. The Balaban J connectivity index is 1.98. The van der Waals surface area contributed by atoms with Crippen molar-refractivity contribution in [3.05, 3.63) is 0 Å². The van der Waals surface area contributed by atoms with Crippen LogP contribution in [0.25, 0.3) is 0 Å². The summed E-state index contributed by atoms with van der Waals surface area (Å²) >= 11 is 0. The molecule has 1 heterocycles. The Kier molecular flexibility index (Phi) is 2.89. The van der Waals surface area contributed by atoms with E-state index in [0.29, 0.717) is 6.04 Å². The highest BCUT2D eigenvalue weighted by Gasteiger charge is 2.37. The monoisotopic (exact) mass is 182 g/mol. The molecule has 0 amide bonds. The maximum atomic E-state index is 5.73. The van der Waals surface area contributed by atoms with E-state index in [1.165, 1.54) is 38.6 Å². The van der Waals surface area contributed by atoms with Gasteiger partial charge in [-0.05, 0) is 38.6 Å². The molecule has 1 aliphatic heterocycles. The van der Waals surface area contributed by atoms with Gasteiger partial charge in [-0.3, -0.25) is 4.90 Å². The molecule has 13 heavy (non-hydrogen) atoms. The van der Waals surface area contributed by atoms with Crippen LogP contribution in [0.15, 0.2) is 0 Å². The average molecular weight is 182 g/mol. The maximum Gasteiger partial charge on any atom is 0.0193 e. The van der Waals surface area contributed by atoms with Crippen LogP contribution < -0.4 is 5.73 Å². The van der Waals surface area contributed by atoms with Gasteiger partial charge in [-0.25, -0.2) is 0 Å². The zero-order valence-corrected chi connectivity index (χ0v) is 8.71. The van der Waals surface area contributed by atoms with Gasteiger partial charge in [0, 0.05) is 18.6 Å². The lowest BCUT2D eigenvalue weighted by Crippen LogP contribution is -2.44. The highest BCUT2D eigenvalue weighted by atomic mass is 15.2. The molecule has 2 rings (SSSR count). The van der Waals surface area contributed by atoms with E-state index in [-0.39, 0.29) is 0 Å². The molecule has 2 N–H and O–H groups in total. The first kappa shape index (κ1) is 9.47. The molecule has 1 saturated heterocycles. The van der Waals surface area contributed by atoms with Gasteiger partial charge in [0.05, 0.1) is 0 Å². The first-order chi connectivity index (χ1) is 6.33. The Labute approximate surface area is 81.5 Å². The minimum Gasteiger partial charge on any atom is -0.329 e. The maximum absolute atomic E-state index is 5.73. The van der Waals surface area contributed by atoms with Crippen molar-refractivity contribution < 1.29 is 0 Å². The van der Waals surface area contributed by atoms with Crippen LogP contribution in [0.3, 0.4) is 0 Å². The second-order valence-electron chi connectivity index (χ2n) is 4.72. The van der Waals surface area contributed by atoms with E-state index in [1.54, 1.807) is 0 Å². The van der Waals surface area contributed by atoms with E-state index in [1.807, 2.05) is 0 Å². The number of nitrogens with zero attached hydrogens (tertiary/aromatic N) is 1. The molecule has 1 aliphatic carbocycles. The zero-order chi connectivity index (χ0) is 9.26. The molecule has 2 aliphatic rings. The number of hydrogen-bond acceptors (Lipinski definition) is 2. The lowest BCUT2D eigenvalue weighted by atomic mass is 9.85. The van der Waals surface area contributed by atoms with Gasteiger partial charge in [0.15, 0.2) is 0 Å². The molecule has 0 radical (unpaired) electrons. The molecule has 3 atom stereocenters. The summed E-state index contributed by atoms with van der Waals surface area (Å²) in [6, 6.07) is 1.49. The molecule has 0 aromatic rings. The van der Waals surface area contributed by atoms with Crippen molar-refractivity contribution in [3.63, 3.8) is 0 Å². The van der Waals surface area contributed by atoms with Crippen molar-refractivity contribution in [3.8, 4) is 0 Å². The Morgan fingerprint density at radius 3 is 2.85 bits per heavy atom. The van der Waals surface area contributed by atoms with Gasteiger partial charge in [0.2, 0.25) is 0 Å². The highest BCUT2D eigenvalue weighted by Crippen LogP contribution is 2.36. The largest absolute Gasteiger partial charge is 0.329 e. The van der Waals surface area contributed by atoms with Gasteiger partial charge in [0.1, 0.15) is 0 Å². The van der Waals surface area contributed by atoms with E-state index >= 15 is 0 Å². The summed E-state index contributed by atoms with van der Waals surface area (Å²) in [5.74, 6) is 1.00. The van der Waals surface area contributed by atoms with Gasteiger partial charge in [-0.1, -0.05) is 12.8 Å². The van der Waals surface area contributed by atoms with E-state index in [9.17, 15) is 0 Å². The van der Waals surface area contributed by atoms with Crippen LogP contribution in [0.5, 0.6) is 0 Å². The number of likely N-dealkylation sites (tertiary alicyclic amines) is 1. The van der Waals surface area contributed by atoms with Crippen LogP contribution in [0.4, 0.5) is 0 Å². The van der Waals surface area contributed by atoms with Crippen LogP contribution in [0.1, 0.15) is 39.0 Å². The quantitative estimate of drug-likeness (QED) is 0.703. The van der Waals surface area contributed by atoms with Crippen LogP contribution in [-0.2, 0) is 0 Å². The predicted octanol–water partition coefficient (Wildman–Crippen LogP) is 1.60. The fraction of sp³-hybridized carbons (Fsp3) is 1.00. The molecule has 1 unspecified atom stereocenters. The number of fused-ring (bicyclic) bond motifs is 1. The zero-order valence-electron chi connectivity index (χ0n) is 8.71. The van der Waals surface area contributed by atoms with E-state index < -0.39 is 0 Å². The molecular weight excluding hydrogens is 160 g/mol. The normalized spacial score (nSPS) is 37.4. The first-order valence-corrected chi connectivity index (χ1v) is 5.78. The average Bonchev–Trinajstić information content (AvgIpc) is 2.60. The van der Waals surface area contributed by atoms with Crippen molar-refractivity contribution >= 4 is 0 Å². The Hall–Kier alpha value is -0.0800. The molecule has 0 spiro atoms. The summed E-state index contributed by atoms with van der Waals surface area (Å²) in [6.07, 6.45) is 7.23. The van der Waals surface area contributed by atoms with Crippen molar-refractivity contribution in [1.29, 1.82) is 0 Å². The Bertz CT molecular complexity index is 169. The van der Waals surface area contributed by atoms with Gasteiger partial charge in [-0.15, -0.1) is 0 Å². The molecule has 0 aromatic heterocycles. The lowest BCUT2D eigenvalue weighted by Gasteiger charge is -2.35. The van der Waals surface area contributed by atoms with Gasteiger partial charge in [-0.2, -0.15) is 0 Å². The summed E-state index contributed by atoms with van der Waals surface area (Å²) in [6.45, 7) is 4.40. The second-order valence-corrected chi connectivity index (χ2v) is 4.72. The van der Waals surface area contributed by atoms with Crippen LogP contribution in [0.2, 0.25) is 0 Å². The summed E-state index contributed by atoms with van der Waals surface area (Å²) in [5.41, 5.74) is 5.73. The van der Waals surface area contributed by atoms with Crippen molar-refractivity contribution in [1.82, 2.24) is 4.90 Å². The molecular formula is C11H22N2. The fourth-order valence-electron chi connectivity index (χ4n) is 3.12. The smallest absolute Gasteiger partial charge is 0.0193 e. The van der Waals surface area contributed by atoms with E-state index in [0.717, 1.165) is 18.5 Å². The van der Waals surface area contributed by atoms with Crippen LogP contribution in [0, 0.1) is 5.92 Å². The molecule has 1 saturated carbocycles. The molecule has 0 bridgehead atoms. The first-order valence-electron chi connectivity index (χ1n) is 5.78. The Morgan fingerprint density at radius 2 is 2.08 bits per heavy atom. The van der Waals surface area contributed by atoms with Crippen LogP contribution in [-0.4, -0.2) is 30.1 Å². The lowest BCUT2D eigenvalue weighted by molar-refractivity contribution is 0.144. The SMILES string of the molecule is CC(CN)N1CC[C@@H]2CCCC[C@@H]21. The van der Waals surface area contributed by atoms with Crippen molar-refractivity contribution in [2.24, 2.45) is 11.7 Å². The topological polar surface area (TPSA) is 29.3 Å². The minimum atomic E-state index is 0.605. The predicted molar refractivity (Wildman–Crippen MR) is 55.6 cm³/mol. The molecule has 76 valence electrons. The third-order valence-corrected chi connectivity index (χ3v) is 3.96. The van der Waals surface area contributed by atoms with Crippen LogP contribution >= 0.6 is 0 Å². The third kappa shape index (κ3) is 1.75. The van der Waals surface area contributed by atoms with Gasteiger partial charge in [0.25, 0.3) is 0 Å². The standard InChI is InChI=1S/C11H22N2/c1-9(8-12)13-7-6-10-4-2-3-5-11(10)13/h9-11H,2-8,12H2,1H3/t9?,10-,11-/m0/s1. The summed E-state index contributed by atoms with van der Waals surface area (Å²) < 4.78 is 0. The minimum absolute atomic E-state index is 0.605.